The molecule has 3 fully saturated rings. The maximum absolute atomic E-state index is 5.15. The van der Waals surface area contributed by atoms with E-state index in [1.165, 1.54) is 69.2 Å². The second kappa shape index (κ2) is 3.93. The summed E-state index contributed by atoms with van der Waals surface area (Å²) in [6.45, 7) is 0. The average Bonchev–Trinajstić information content (AvgIpc) is 2.85. The summed E-state index contributed by atoms with van der Waals surface area (Å²) in [4.78, 5) is 10.2. The Bertz CT molecular complexity index is 382. The first-order chi connectivity index (χ1) is 8.42. The standard InChI is InChI=1S/C15H22N2/c1-2-7-13-12(6-1)16-14-9-8-10-4-3-5-11(10)15(14)17-13/h10-11,14-15H,1-9H2. The SMILES string of the molecule is C1CCC2=NC3C(CCC4CCCC43)N=C2C1. The number of aliphatic imine (C=N–C) groups is 2. The molecule has 0 radical (unpaired) electrons. The summed E-state index contributed by atoms with van der Waals surface area (Å²) in [6.07, 6.45) is 12.2. The van der Waals surface area contributed by atoms with Crippen LogP contribution in [0.5, 0.6) is 0 Å². The van der Waals surface area contributed by atoms with Crippen molar-refractivity contribution >= 4 is 11.4 Å². The van der Waals surface area contributed by atoms with Gasteiger partial charge in [-0.2, -0.15) is 0 Å². The van der Waals surface area contributed by atoms with Crippen LogP contribution >= 0.6 is 0 Å². The Morgan fingerprint density at radius 2 is 1.59 bits per heavy atom. The van der Waals surface area contributed by atoms with Crippen LogP contribution in [0.2, 0.25) is 0 Å². The maximum Gasteiger partial charge on any atom is 0.0757 e. The fourth-order valence-electron chi connectivity index (χ4n) is 4.57. The van der Waals surface area contributed by atoms with Gasteiger partial charge < -0.3 is 0 Å². The summed E-state index contributed by atoms with van der Waals surface area (Å²) in [5, 5.41) is 0. The van der Waals surface area contributed by atoms with Crippen molar-refractivity contribution < 1.29 is 0 Å². The van der Waals surface area contributed by atoms with E-state index in [9.17, 15) is 0 Å². The quantitative estimate of drug-likeness (QED) is 0.609. The molecule has 0 spiro atoms. The summed E-state index contributed by atoms with van der Waals surface area (Å²) in [5.41, 5.74) is 2.78. The molecule has 2 nitrogen and oxygen atoms in total. The van der Waals surface area contributed by atoms with Gasteiger partial charge in [0.05, 0.1) is 23.5 Å². The zero-order chi connectivity index (χ0) is 11.2. The lowest BCUT2D eigenvalue weighted by Crippen LogP contribution is -2.43. The number of fused-ring (bicyclic) bond motifs is 4. The van der Waals surface area contributed by atoms with Crippen molar-refractivity contribution in [2.24, 2.45) is 21.8 Å². The van der Waals surface area contributed by atoms with Crippen LogP contribution in [0.15, 0.2) is 9.98 Å². The maximum atomic E-state index is 5.15. The van der Waals surface area contributed by atoms with Crippen LogP contribution in [0.1, 0.15) is 57.8 Å². The molecular weight excluding hydrogens is 208 g/mol. The molecule has 3 aliphatic carbocycles. The molecule has 0 aromatic rings. The van der Waals surface area contributed by atoms with Gasteiger partial charge in [0.25, 0.3) is 0 Å². The number of nitrogens with zero attached hydrogens (tertiary/aromatic N) is 2. The highest BCUT2D eigenvalue weighted by Gasteiger charge is 2.43. The van der Waals surface area contributed by atoms with Crippen molar-refractivity contribution in [1.82, 2.24) is 0 Å². The van der Waals surface area contributed by atoms with Crippen molar-refractivity contribution in [3.63, 3.8) is 0 Å². The van der Waals surface area contributed by atoms with E-state index in [4.69, 9.17) is 9.98 Å². The number of hydrogen-bond acceptors (Lipinski definition) is 2. The molecule has 4 aliphatic rings. The monoisotopic (exact) mass is 230 g/mol. The van der Waals surface area contributed by atoms with Crippen molar-refractivity contribution in [2.75, 3.05) is 0 Å². The lowest BCUT2D eigenvalue weighted by molar-refractivity contribution is 0.214. The molecule has 3 saturated carbocycles. The third-order valence-corrected chi connectivity index (χ3v) is 5.42. The molecule has 17 heavy (non-hydrogen) atoms. The largest absolute Gasteiger partial charge is 0.282 e. The van der Waals surface area contributed by atoms with Crippen LogP contribution in [-0.4, -0.2) is 23.5 Å². The van der Waals surface area contributed by atoms with Crippen LogP contribution in [0.4, 0.5) is 0 Å². The number of rotatable bonds is 0. The summed E-state index contributed by atoms with van der Waals surface area (Å²) in [6, 6.07) is 1.14. The summed E-state index contributed by atoms with van der Waals surface area (Å²) < 4.78 is 0. The molecule has 92 valence electrons. The Labute approximate surface area is 104 Å². The fraction of sp³-hybridized carbons (Fsp3) is 0.867. The van der Waals surface area contributed by atoms with E-state index in [0.29, 0.717) is 12.1 Å². The first-order valence-electron chi connectivity index (χ1n) is 7.55. The van der Waals surface area contributed by atoms with Gasteiger partial charge >= 0.3 is 0 Å². The molecule has 4 unspecified atom stereocenters. The van der Waals surface area contributed by atoms with Gasteiger partial charge in [0, 0.05) is 0 Å². The zero-order valence-electron chi connectivity index (χ0n) is 10.6. The molecule has 0 aromatic heterocycles. The lowest BCUT2D eigenvalue weighted by Gasteiger charge is -2.40. The average molecular weight is 230 g/mol. The van der Waals surface area contributed by atoms with E-state index in [1.807, 2.05) is 0 Å². The van der Waals surface area contributed by atoms with Gasteiger partial charge in [0.2, 0.25) is 0 Å². The summed E-state index contributed by atoms with van der Waals surface area (Å²) in [7, 11) is 0. The number of hydrogen-bond donors (Lipinski definition) is 0. The van der Waals surface area contributed by atoms with Crippen LogP contribution in [-0.2, 0) is 0 Å². The molecule has 0 amide bonds. The van der Waals surface area contributed by atoms with E-state index in [0.717, 1.165) is 11.8 Å². The van der Waals surface area contributed by atoms with Crippen LogP contribution in [0.3, 0.4) is 0 Å². The molecule has 0 bridgehead atoms. The van der Waals surface area contributed by atoms with Gasteiger partial charge in [0.1, 0.15) is 0 Å². The normalized spacial score (nSPS) is 44.2. The van der Waals surface area contributed by atoms with Crippen molar-refractivity contribution in [3.05, 3.63) is 0 Å². The van der Waals surface area contributed by atoms with Gasteiger partial charge in [-0.05, 0) is 56.8 Å². The first kappa shape index (κ1) is 10.3. The zero-order valence-corrected chi connectivity index (χ0v) is 10.6. The first-order valence-corrected chi connectivity index (χ1v) is 7.55. The van der Waals surface area contributed by atoms with Crippen LogP contribution in [0.25, 0.3) is 0 Å². The van der Waals surface area contributed by atoms with Gasteiger partial charge in [-0.15, -0.1) is 0 Å². The van der Waals surface area contributed by atoms with E-state index < -0.39 is 0 Å². The predicted molar refractivity (Wildman–Crippen MR) is 71.0 cm³/mol. The second-order valence-corrected chi connectivity index (χ2v) is 6.35. The minimum Gasteiger partial charge on any atom is -0.282 e. The van der Waals surface area contributed by atoms with E-state index in [-0.39, 0.29) is 0 Å². The Morgan fingerprint density at radius 3 is 2.47 bits per heavy atom. The van der Waals surface area contributed by atoms with Crippen molar-refractivity contribution in [1.29, 1.82) is 0 Å². The molecule has 4 rings (SSSR count). The fourth-order valence-corrected chi connectivity index (χ4v) is 4.57. The predicted octanol–water partition coefficient (Wildman–Crippen LogP) is 3.40. The van der Waals surface area contributed by atoms with E-state index in [1.54, 1.807) is 0 Å². The minimum absolute atomic E-state index is 0.561. The molecule has 4 atom stereocenters. The van der Waals surface area contributed by atoms with Crippen LogP contribution in [0, 0.1) is 11.8 Å². The van der Waals surface area contributed by atoms with Gasteiger partial charge in [-0.3, -0.25) is 9.98 Å². The Morgan fingerprint density at radius 1 is 0.765 bits per heavy atom. The Balaban J connectivity index is 1.65. The van der Waals surface area contributed by atoms with Crippen molar-refractivity contribution in [3.8, 4) is 0 Å². The van der Waals surface area contributed by atoms with E-state index in [2.05, 4.69) is 0 Å². The Kier molecular flexibility index (Phi) is 2.38. The second-order valence-electron chi connectivity index (χ2n) is 6.35. The molecule has 2 heteroatoms. The van der Waals surface area contributed by atoms with Gasteiger partial charge in [0.15, 0.2) is 0 Å². The summed E-state index contributed by atoms with van der Waals surface area (Å²) >= 11 is 0. The third-order valence-electron chi connectivity index (χ3n) is 5.42. The lowest BCUT2D eigenvalue weighted by atomic mass is 9.74. The van der Waals surface area contributed by atoms with Gasteiger partial charge in [-0.1, -0.05) is 12.8 Å². The highest BCUT2D eigenvalue weighted by Crippen LogP contribution is 2.45. The molecule has 1 heterocycles. The summed E-state index contributed by atoms with van der Waals surface area (Å²) in [5.74, 6) is 1.87. The van der Waals surface area contributed by atoms with E-state index >= 15 is 0 Å². The molecule has 0 N–H and O–H groups in total. The Hall–Kier alpha value is -0.660. The van der Waals surface area contributed by atoms with Gasteiger partial charge in [-0.25, -0.2) is 0 Å². The molecular formula is C15H22N2. The molecule has 1 aliphatic heterocycles. The molecule has 0 aromatic carbocycles. The third kappa shape index (κ3) is 1.60. The minimum atomic E-state index is 0.561. The highest BCUT2D eigenvalue weighted by molar-refractivity contribution is 6.43. The molecule has 0 saturated heterocycles. The van der Waals surface area contributed by atoms with Crippen LogP contribution < -0.4 is 0 Å². The smallest absolute Gasteiger partial charge is 0.0757 e. The highest BCUT2D eigenvalue weighted by atomic mass is 15.0. The topological polar surface area (TPSA) is 24.7 Å². The van der Waals surface area contributed by atoms with Crippen molar-refractivity contribution in [2.45, 2.75) is 69.9 Å².